The standard InChI is InChI=1S/C19H21FN2O3/c1-24-12-14-10-22(11-17(14)18-4-2-3-9-21-18)19(23)13-25-16-7-5-15(20)6-8-16/h2-9,14,17H,10-13H2,1H3/t14-,17+/m0/s1. The van der Waals surface area contributed by atoms with Gasteiger partial charge < -0.3 is 14.4 Å². The molecule has 25 heavy (non-hydrogen) atoms. The SMILES string of the molecule is COC[C@@H]1CN(C(=O)COc2ccc(F)cc2)C[C@H]1c1ccccn1. The summed E-state index contributed by atoms with van der Waals surface area (Å²) in [7, 11) is 1.66. The molecule has 3 rings (SSSR count). The average molecular weight is 344 g/mol. The zero-order chi connectivity index (χ0) is 17.6. The van der Waals surface area contributed by atoms with Gasteiger partial charge in [-0.3, -0.25) is 9.78 Å². The Morgan fingerprint density at radius 2 is 2.04 bits per heavy atom. The topological polar surface area (TPSA) is 51.7 Å². The summed E-state index contributed by atoms with van der Waals surface area (Å²) in [4.78, 5) is 18.7. The number of aromatic nitrogens is 1. The lowest BCUT2D eigenvalue weighted by atomic mass is 9.93. The van der Waals surface area contributed by atoms with E-state index in [0.717, 1.165) is 5.69 Å². The highest BCUT2D eigenvalue weighted by atomic mass is 19.1. The van der Waals surface area contributed by atoms with Gasteiger partial charge in [0.25, 0.3) is 5.91 Å². The molecule has 2 atom stereocenters. The number of carbonyl (C=O) groups excluding carboxylic acids is 1. The molecule has 1 aliphatic heterocycles. The zero-order valence-electron chi connectivity index (χ0n) is 14.1. The van der Waals surface area contributed by atoms with Crippen molar-refractivity contribution in [2.45, 2.75) is 5.92 Å². The van der Waals surface area contributed by atoms with Gasteiger partial charge in [0.15, 0.2) is 6.61 Å². The first kappa shape index (κ1) is 17.4. The van der Waals surface area contributed by atoms with Crippen molar-refractivity contribution in [2.75, 3.05) is 33.4 Å². The Bertz CT molecular complexity index is 694. The fourth-order valence-electron chi connectivity index (χ4n) is 3.16. The van der Waals surface area contributed by atoms with Crippen LogP contribution in [0.5, 0.6) is 5.75 Å². The molecule has 6 heteroatoms. The fourth-order valence-corrected chi connectivity index (χ4v) is 3.16. The summed E-state index contributed by atoms with van der Waals surface area (Å²) in [5, 5.41) is 0. The molecule has 1 aliphatic rings. The summed E-state index contributed by atoms with van der Waals surface area (Å²) in [6, 6.07) is 11.4. The maximum atomic E-state index is 12.9. The van der Waals surface area contributed by atoms with Crippen LogP contribution >= 0.6 is 0 Å². The first-order chi connectivity index (χ1) is 12.2. The molecule has 2 heterocycles. The van der Waals surface area contributed by atoms with Crippen LogP contribution in [0.3, 0.4) is 0 Å². The largest absolute Gasteiger partial charge is 0.484 e. The third-order valence-corrected chi connectivity index (χ3v) is 4.42. The van der Waals surface area contributed by atoms with E-state index >= 15 is 0 Å². The number of likely N-dealkylation sites (tertiary alicyclic amines) is 1. The second-order valence-corrected chi connectivity index (χ2v) is 6.12. The minimum absolute atomic E-state index is 0.0692. The molecule has 0 bridgehead atoms. The number of amides is 1. The van der Waals surface area contributed by atoms with Gasteiger partial charge in [0.1, 0.15) is 11.6 Å². The van der Waals surface area contributed by atoms with E-state index < -0.39 is 0 Å². The normalized spacial score (nSPS) is 19.8. The highest BCUT2D eigenvalue weighted by Crippen LogP contribution is 2.31. The van der Waals surface area contributed by atoms with Crippen molar-refractivity contribution in [3.63, 3.8) is 0 Å². The second kappa shape index (κ2) is 8.07. The summed E-state index contributed by atoms with van der Waals surface area (Å²) in [5.41, 5.74) is 0.972. The number of carbonyl (C=O) groups is 1. The van der Waals surface area contributed by atoms with Crippen molar-refractivity contribution >= 4 is 5.91 Å². The van der Waals surface area contributed by atoms with Crippen molar-refractivity contribution in [1.82, 2.24) is 9.88 Å². The maximum Gasteiger partial charge on any atom is 0.260 e. The summed E-state index contributed by atoms with van der Waals surface area (Å²) >= 11 is 0. The summed E-state index contributed by atoms with van der Waals surface area (Å²) < 4.78 is 23.7. The molecule has 1 fully saturated rings. The summed E-state index contributed by atoms with van der Waals surface area (Å²) in [6.45, 7) is 1.71. The van der Waals surface area contributed by atoms with Crippen molar-refractivity contribution in [2.24, 2.45) is 5.92 Å². The van der Waals surface area contributed by atoms with Crippen LogP contribution in [0.25, 0.3) is 0 Å². The number of nitrogens with zero attached hydrogens (tertiary/aromatic N) is 2. The molecule has 132 valence electrons. The van der Waals surface area contributed by atoms with Gasteiger partial charge in [0.05, 0.1) is 6.61 Å². The van der Waals surface area contributed by atoms with Crippen LogP contribution in [0.2, 0.25) is 0 Å². The van der Waals surface area contributed by atoms with Crippen LogP contribution in [-0.4, -0.2) is 49.2 Å². The van der Waals surface area contributed by atoms with Gasteiger partial charge in [-0.1, -0.05) is 6.07 Å². The van der Waals surface area contributed by atoms with Crippen LogP contribution in [0.15, 0.2) is 48.7 Å². The number of halogens is 1. The molecule has 0 unspecified atom stereocenters. The lowest BCUT2D eigenvalue weighted by Crippen LogP contribution is -2.33. The van der Waals surface area contributed by atoms with Gasteiger partial charge in [0.2, 0.25) is 0 Å². The number of hydrogen-bond acceptors (Lipinski definition) is 4. The first-order valence-corrected chi connectivity index (χ1v) is 8.23. The van der Waals surface area contributed by atoms with Gasteiger partial charge in [-0.15, -0.1) is 0 Å². The number of methoxy groups -OCH3 is 1. The average Bonchev–Trinajstić information content (AvgIpc) is 3.06. The van der Waals surface area contributed by atoms with E-state index in [0.29, 0.717) is 25.4 Å². The molecule has 0 N–H and O–H groups in total. The van der Waals surface area contributed by atoms with Crippen LogP contribution in [0, 0.1) is 11.7 Å². The molecule has 0 saturated carbocycles. The molecule has 2 aromatic rings. The number of ether oxygens (including phenoxy) is 2. The van der Waals surface area contributed by atoms with Crippen molar-refractivity contribution < 1.29 is 18.7 Å². The number of hydrogen-bond donors (Lipinski definition) is 0. The molecule has 0 radical (unpaired) electrons. The predicted molar refractivity (Wildman–Crippen MR) is 90.8 cm³/mol. The van der Waals surface area contributed by atoms with Crippen LogP contribution in [0.1, 0.15) is 11.6 Å². The van der Waals surface area contributed by atoms with Crippen molar-refractivity contribution in [3.8, 4) is 5.75 Å². The van der Waals surface area contributed by atoms with E-state index in [1.54, 1.807) is 18.2 Å². The number of benzene rings is 1. The number of pyridine rings is 1. The van der Waals surface area contributed by atoms with Crippen LogP contribution < -0.4 is 4.74 Å². The van der Waals surface area contributed by atoms with E-state index in [2.05, 4.69) is 4.98 Å². The Balaban J connectivity index is 1.62. The third-order valence-electron chi connectivity index (χ3n) is 4.42. The van der Waals surface area contributed by atoms with Gasteiger partial charge in [0, 0.05) is 43.9 Å². The Hall–Kier alpha value is -2.47. The second-order valence-electron chi connectivity index (χ2n) is 6.12. The van der Waals surface area contributed by atoms with E-state index in [1.807, 2.05) is 18.2 Å². The van der Waals surface area contributed by atoms with E-state index in [1.165, 1.54) is 24.3 Å². The molecule has 1 aromatic carbocycles. The first-order valence-electron chi connectivity index (χ1n) is 8.23. The third kappa shape index (κ3) is 4.33. The molecule has 1 aromatic heterocycles. The van der Waals surface area contributed by atoms with Gasteiger partial charge in [-0.25, -0.2) is 4.39 Å². The van der Waals surface area contributed by atoms with Gasteiger partial charge in [-0.2, -0.15) is 0 Å². The lowest BCUT2D eigenvalue weighted by molar-refractivity contribution is -0.132. The van der Waals surface area contributed by atoms with E-state index in [9.17, 15) is 9.18 Å². The Kier molecular flexibility index (Phi) is 5.60. The van der Waals surface area contributed by atoms with Crippen LogP contribution in [-0.2, 0) is 9.53 Å². The summed E-state index contributed by atoms with van der Waals surface area (Å²) in [6.07, 6.45) is 1.77. The van der Waals surface area contributed by atoms with Crippen molar-refractivity contribution in [1.29, 1.82) is 0 Å². The molecular formula is C19H21FN2O3. The molecule has 0 spiro atoms. The zero-order valence-corrected chi connectivity index (χ0v) is 14.1. The highest BCUT2D eigenvalue weighted by Gasteiger charge is 2.36. The Labute approximate surface area is 146 Å². The number of rotatable bonds is 6. The van der Waals surface area contributed by atoms with E-state index in [-0.39, 0.29) is 30.2 Å². The van der Waals surface area contributed by atoms with E-state index in [4.69, 9.17) is 9.47 Å². The quantitative estimate of drug-likeness (QED) is 0.808. The highest BCUT2D eigenvalue weighted by molar-refractivity contribution is 5.78. The minimum atomic E-state index is -0.334. The van der Waals surface area contributed by atoms with Gasteiger partial charge in [-0.05, 0) is 36.4 Å². The summed E-state index contributed by atoms with van der Waals surface area (Å²) in [5.74, 6) is 0.400. The van der Waals surface area contributed by atoms with Crippen molar-refractivity contribution in [3.05, 3.63) is 60.2 Å². The predicted octanol–water partition coefficient (Wildman–Crippen LogP) is 2.49. The molecule has 1 saturated heterocycles. The van der Waals surface area contributed by atoms with Gasteiger partial charge >= 0.3 is 0 Å². The monoisotopic (exact) mass is 344 g/mol. The molecule has 1 amide bonds. The van der Waals surface area contributed by atoms with Crippen LogP contribution in [0.4, 0.5) is 4.39 Å². The Morgan fingerprint density at radius 3 is 2.72 bits per heavy atom. The minimum Gasteiger partial charge on any atom is -0.484 e. The molecule has 5 nitrogen and oxygen atoms in total. The Morgan fingerprint density at radius 1 is 1.24 bits per heavy atom. The fraction of sp³-hybridized carbons (Fsp3) is 0.368. The maximum absolute atomic E-state index is 12.9. The lowest BCUT2D eigenvalue weighted by Gasteiger charge is -2.16. The molecular weight excluding hydrogens is 323 g/mol. The smallest absolute Gasteiger partial charge is 0.260 e. The molecule has 0 aliphatic carbocycles.